The molecule has 2 N–H and O–H groups in total. The van der Waals surface area contributed by atoms with Crippen molar-refractivity contribution < 1.29 is 4.74 Å². The molecule has 1 heterocycles. The van der Waals surface area contributed by atoms with E-state index in [1.54, 1.807) is 6.20 Å². The van der Waals surface area contributed by atoms with Gasteiger partial charge in [-0.2, -0.15) is 0 Å². The predicted octanol–water partition coefficient (Wildman–Crippen LogP) is 2.53. The van der Waals surface area contributed by atoms with E-state index in [1.807, 2.05) is 12.1 Å². The minimum atomic E-state index is 0.277. The molecule has 1 aromatic rings. The number of nitrogens with zero attached hydrogens (tertiary/aromatic N) is 1. The average Bonchev–Trinajstić information content (AvgIpc) is 2.24. The van der Waals surface area contributed by atoms with Crippen molar-refractivity contribution in [2.75, 3.05) is 6.61 Å². The van der Waals surface area contributed by atoms with Crippen molar-refractivity contribution in [1.29, 1.82) is 0 Å². The van der Waals surface area contributed by atoms with Gasteiger partial charge in [0.05, 0.1) is 6.61 Å². The molecule has 0 aliphatic heterocycles. The van der Waals surface area contributed by atoms with Crippen LogP contribution in [0.15, 0.2) is 18.3 Å². The number of hydrogen-bond acceptors (Lipinski definition) is 3. The molecule has 4 heteroatoms. The van der Waals surface area contributed by atoms with Gasteiger partial charge in [-0.3, -0.25) is 0 Å². The van der Waals surface area contributed by atoms with Gasteiger partial charge in [0.25, 0.3) is 0 Å². The summed E-state index contributed by atoms with van der Waals surface area (Å²) in [4.78, 5) is 4.38. The van der Waals surface area contributed by atoms with Crippen molar-refractivity contribution in [3.05, 3.63) is 24.0 Å². The van der Waals surface area contributed by atoms with Crippen LogP contribution in [0.3, 0.4) is 0 Å². The van der Waals surface area contributed by atoms with E-state index in [0.29, 0.717) is 24.0 Å². The van der Waals surface area contributed by atoms with Crippen LogP contribution < -0.4 is 10.5 Å². The zero-order chi connectivity index (χ0) is 12.0. The van der Waals surface area contributed by atoms with Crippen LogP contribution in [0, 0.1) is 5.92 Å². The van der Waals surface area contributed by atoms with E-state index < -0.39 is 0 Å². The third-order valence-electron chi connectivity index (χ3n) is 2.19. The molecule has 1 aromatic heterocycles. The molecule has 1 rings (SSSR count). The van der Waals surface area contributed by atoms with E-state index in [0.717, 1.165) is 12.8 Å². The normalized spacial score (nSPS) is 10.4. The summed E-state index contributed by atoms with van der Waals surface area (Å²) in [7, 11) is 0. The summed E-state index contributed by atoms with van der Waals surface area (Å²) in [6.07, 6.45) is 3.85. The molecule has 0 radical (unpaired) electrons. The Morgan fingerprint density at radius 1 is 1.56 bits per heavy atom. The Labute approximate surface area is 102 Å². The first kappa shape index (κ1) is 12.9. The lowest BCUT2D eigenvalue weighted by Crippen LogP contribution is -2.14. The van der Waals surface area contributed by atoms with Crippen LogP contribution in [0.2, 0.25) is 0 Å². The monoisotopic (exact) mass is 238 g/mol. The van der Waals surface area contributed by atoms with Gasteiger partial charge in [0.15, 0.2) is 0 Å². The van der Waals surface area contributed by atoms with Crippen molar-refractivity contribution in [2.45, 2.75) is 26.7 Å². The second-order valence-electron chi connectivity index (χ2n) is 4.10. The molecular formula is C12H18N2OS. The number of ether oxygens (including phenoxy) is 1. The van der Waals surface area contributed by atoms with Crippen LogP contribution in [0.1, 0.15) is 32.4 Å². The van der Waals surface area contributed by atoms with Crippen LogP contribution in [0.4, 0.5) is 0 Å². The fraction of sp³-hybridized carbons (Fsp3) is 0.500. The van der Waals surface area contributed by atoms with Gasteiger partial charge in [0.2, 0.25) is 0 Å². The SMILES string of the molecule is CC(C)CCCOc1cccnc1C(N)=S. The topological polar surface area (TPSA) is 48.1 Å². The smallest absolute Gasteiger partial charge is 0.147 e. The van der Waals surface area contributed by atoms with Crippen molar-refractivity contribution >= 4 is 17.2 Å². The second kappa shape index (κ2) is 6.43. The van der Waals surface area contributed by atoms with Gasteiger partial charge in [0, 0.05) is 6.20 Å². The molecule has 16 heavy (non-hydrogen) atoms. The van der Waals surface area contributed by atoms with Crippen LogP contribution in [0.5, 0.6) is 5.75 Å². The lowest BCUT2D eigenvalue weighted by atomic mass is 10.1. The Balaban J connectivity index is 2.50. The molecule has 0 saturated heterocycles. The maximum atomic E-state index is 5.62. The molecule has 0 bridgehead atoms. The summed E-state index contributed by atoms with van der Waals surface area (Å²) in [5, 5.41) is 0. The van der Waals surface area contributed by atoms with E-state index in [2.05, 4.69) is 18.8 Å². The summed E-state index contributed by atoms with van der Waals surface area (Å²) in [5.74, 6) is 1.38. The number of thiocarbonyl (C=S) groups is 1. The molecule has 0 spiro atoms. The molecule has 0 atom stereocenters. The largest absolute Gasteiger partial charge is 0.491 e. The fourth-order valence-corrected chi connectivity index (χ4v) is 1.52. The van der Waals surface area contributed by atoms with Gasteiger partial charge >= 0.3 is 0 Å². The van der Waals surface area contributed by atoms with E-state index in [4.69, 9.17) is 22.7 Å². The van der Waals surface area contributed by atoms with Crippen LogP contribution >= 0.6 is 12.2 Å². The zero-order valence-corrected chi connectivity index (χ0v) is 10.6. The minimum absolute atomic E-state index is 0.277. The van der Waals surface area contributed by atoms with Gasteiger partial charge in [-0.1, -0.05) is 26.1 Å². The highest BCUT2D eigenvalue weighted by Gasteiger charge is 2.06. The maximum absolute atomic E-state index is 5.62. The second-order valence-corrected chi connectivity index (χ2v) is 4.54. The highest BCUT2D eigenvalue weighted by Crippen LogP contribution is 2.15. The predicted molar refractivity (Wildman–Crippen MR) is 69.7 cm³/mol. The van der Waals surface area contributed by atoms with Gasteiger partial charge < -0.3 is 10.5 Å². The lowest BCUT2D eigenvalue weighted by Gasteiger charge is -2.10. The Hall–Kier alpha value is -1.16. The third-order valence-corrected chi connectivity index (χ3v) is 2.38. The molecule has 0 aliphatic carbocycles. The Morgan fingerprint density at radius 3 is 2.94 bits per heavy atom. The molecule has 0 aliphatic rings. The maximum Gasteiger partial charge on any atom is 0.147 e. The lowest BCUT2D eigenvalue weighted by molar-refractivity contribution is 0.296. The average molecular weight is 238 g/mol. The zero-order valence-electron chi connectivity index (χ0n) is 9.77. The van der Waals surface area contributed by atoms with Crippen molar-refractivity contribution in [3.8, 4) is 5.75 Å². The summed E-state index contributed by atoms with van der Waals surface area (Å²) >= 11 is 4.91. The summed E-state index contributed by atoms with van der Waals surface area (Å²) in [5.41, 5.74) is 6.13. The molecule has 0 amide bonds. The Kier molecular flexibility index (Phi) is 5.19. The molecule has 0 aromatic carbocycles. The van der Waals surface area contributed by atoms with Gasteiger partial charge in [-0.15, -0.1) is 0 Å². The first-order chi connectivity index (χ1) is 7.61. The summed E-state index contributed by atoms with van der Waals surface area (Å²) in [6, 6.07) is 3.66. The molecule has 0 fully saturated rings. The number of rotatable bonds is 6. The van der Waals surface area contributed by atoms with Gasteiger partial charge in [-0.25, -0.2) is 4.98 Å². The van der Waals surface area contributed by atoms with Crippen LogP contribution in [-0.4, -0.2) is 16.6 Å². The molecule has 88 valence electrons. The number of pyridine rings is 1. The van der Waals surface area contributed by atoms with Crippen molar-refractivity contribution in [2.24, 2.45) is 11.7 Å². The van der Waals surface area contributed by atoms with Crippen molar-refractivity contribution in [1.82, 2.24) is 4.98 Å². The first-order valence-electron chi connectivity index (χ1n) is 5.49. The van der Waals surface area contributed by atoms with Crippen LogP contribution in [0.25, 0.3) is 0 Å². The first-order valence-corrected chi connectivity index (χ1v) is 5.89. The Bertz CT molecular complexity index is 353. The van der Waals surface area contributed by atoms with E-state index in [9.17, 15) is 0 Å². The Morgan fingerprint density at radius 2 is 2.31 bits per heavy atom. The molecule has 0 saturated carbocycles. The number of hydrogen-bond donors (Lipinski definition) is 1. The third kappa shape index (κ3) is 4.14. The molecule has 0 unspecified atom stereocenters. The van der Waals surface area contributed by atoms with Crippen molar-refractivity contribution in [3.63, 3.8) is 0 Å². The van der Waals surface area contributed by atoms with E-state index in [-0.39, 0.29) is 4.99 Å². The van der Waals surface area contributed by atoms with E-state index in [1.165, 1.54) is 0 Å². The van der Waals surface area contributed by atoms with Gasteiger partial charge in [0.1, 0.15) is 16.4 Å². The standard InChI is InChI=1S/C12H18N2OS/c1-9(2)5-4-8-15-10-6-3-7-14-11(10)12(13)16/h3,6-7,9H,4-5,8H2,1-2H3,(H2,13,16). The summed E-state index contributed by atoms with van der Waals surface area (Å²) in [6.45, 7) is 5.08. The molecular weight excluding hydrogens is 220 g/mol. The fourth-order valence-electron chi connectivity index (χ4n) is 1.37. The van der Waals surface area contributed by atoms with Gasteiger partial charge in [-0.05, 0) is 30.9 Å². The quantitative estimate of drug-likeness (QED) is 0.611. The number of nitrogens with two attached hydrogens (primary N) is 1. The summed E-state index contributed by atoms with van der Waals surface area (Å²) < 4.78 is 5.62. The molecule has 3 nitrogen and oxygen atoms in total. The van der Waals surface area contributed by atoms with Crippen LogP contribution in [-0.2, 0) is 0 Å². The highest BCUT2D eigenvalue weighted by atomic mass is 32.1. The minimum Gasteiger partial charge on any atom is -0.491 e. The number of aromatic nitrogens is 1. The highest BCUT2D eigenvalue weighted by molar-refractivity contribution is 7.80. The van der Waals surface area contributed by atoms with E-state index >= 15 is 0 Å².